The Morgan fingerprint density at radius 3 is 2.32 bits per heavy atom. The van der Waals surface area contributed by atoms with Gasteiger partial charge in [-0.25, -0.2) is 9.18 Å². The zero-order chi connectivity index (χ0) is 19.8. The third-order valence-electron chi connectivity index (χ3n) is 5.04. The summed E-state index contributed by atoms with van der Waals surface area (Å²) in [5, 5.41) is 5.79. The first-order valence-corrected chi connectivity index (χ1v) is 9.68. The highest BCUT2D eigenvalue weighted by atomic mass is 19.1. The predicted octanol–water partition coefficient (Wildman–Crippen LogP) is 3.45. The number of amides is 3. The second-order valence-electron chi connectivity index (χ2n) is 7.19. The molecular weight excluding hydrogens is 357 g/mol. The Morgan fingerprint density at radius 2 is 1.61 bits per heavy atom. The number of urea groups is 1. The van der Waals surface area contributed by atoms with Gasteiger partial charge in [-0.1, -0.05) is 42.5 Å². The fourth-order valence-electron chi connectivity index (χ4n) is 3.41. The van der Waals surface area contributed by atoms with Crippen LogP contribution in [0.3, 0.4) is 0 Å². The molecule has 1 fully saturated rings. The van der Waals surface area contributed by atoms with Crippen LogP contribution in [0.2, 0.25) is 0 Å². The molecule has 0 bridgehead atoms. The van der Waals surface area contributed by atoms with Gasteiger partial charge in [-0.2, -0.15) is 0 Å². The van der Waals surface area contributed by atoms with Crippen LogP contribution in [0.1, 0.15) is 30.4 Å². The van der Waals surface area contributed by atoms with E-state index in [-0.39, 0.29) is 23.7 Å². The summed E-state index contributed by atoms with van der Waals surface area (Å²) >= 11 is 0. The number of carbonyl (C=O) groups is 2. The second-order valence-corrected chi connectivity index (χ2v) is 7.19. The molecule has 3 rings (SSSR count). The molecule has 28 heavy (non-hydrogen) atoms. The zero-order valence-electron chi connectivity index (χ0n) is 15.9. The molecule has 0 saturated carbocycles. The summed E-state index contributed by atoms with van der Waals surface area (Å²) in [6.45, 7) is 2.16. The molecule has 0 aromatic heterocycles. The summed E-state index contributed by atoms with van der Waals surface area (Å²) < 4.78 is 13.2. The molecule has 148 valence electrons. The highest BCUT2D eigenvalue weighted by Gasteiger charge is 2.24. The van der Waals surface area contributed by atoms with E-state index in [9.17, 15) is 14.0 Å². The Balaban J connectivity index is 1.35. The lowest BCUT2D eigenvalue weighted by molar-refractivity contribution is -0.122. The monoisotopic (exact) mass is 383 g/mol. The van der Waals surface area contributed by atoms with Crippen LogP contribution in [-0.4, -0.2) is 29.9 Å². The van der Waals surface area contributed by atoms with Crippen LogP contribution in [0.4, 0.5) is 9.18 Å². The second kappa shape index (κ2) is 9.88. The fraction of sp³-hybridized carbons (Fsp3) is 0.364. The maximum atomic E-state index is 13.2. The van der Waals surface area contributed by atoms with Crippen LogP contribution >= 0.6 is 0 Å². The van der Waals surface area contributed by atoms with Crippen molar-refractivity contribution in [2.24, 2.45) is 5.92 Å². The molecule has 1 saturated heterocycles. The lowest BCUT2D eigenvalue weighted by atomic mass is 9.93. The van der Waals surface area contributed by atoms with E-state index in [4.69, 9.17) is 0 Å². The number of carbonyl (C=O) groups excluding carboxylic acids is 2. The van der Waals surface area contributed by atoms with Crippen molar-refractivity contribution in [3.8, 4) is 0 Å². The van der Waals surface area contributed by atoms with Gasteiger partial charge in [-0.3, -0.25) is 4.79 Å². The highest BCUT2D eigenvalue weighted by Crippen LogP contribution is 2.20. The summed E-state index contributed by atoms with van der Waals surface area (Å²) in [6.07, 6.45) is 2.06. The lowest BCUT2D eigenvalue weighted by Crippen LogP contribution is -2.44. The van der Waals surface area contributed by atoms with Gasteiger partial charge >= 0.3 is 6.03 Å². The predicted molar refractivity (Wildman–Crippen MR) is 106 cm³/mol. The van der Waals surface area contributed by atoms with Crippen LogP contribution < -0.4 is 10.6 Å². The van der Waals surface area contributed by atoms with Crippen molar-refractivity contribution >= 4 is 11.9 Å². The van der Waals surface area contributed by atoms with Gasteiger partial charge in [-0.15, -0.1) is 0 Å². The molecule has 2 aromatic rings. The van der Waals surface area contributed by atoms with Gasteiger partial charge < -0.3 is 15.5 Å². The maximum absolute atomic E-state index is 13.2. The minimum Gasteiger partial charge on any atom is -0.352 e. The molecule has 0 spiro atoms. The van der Waals surface area contributed by atoms with Crippen LogP contribution in [0, 0.1) is 11.7 Å². The van der Waals surface area contributed by atoms with E-state index in [1.54, 1.807) is 12.1 Å². The molecule has 0 radical (unpaired) electrons. The molecule has 0 aliphatic carbocycles. The van der Waals surface area contributed by atoms with Crippen LogP contribution in [0.25, 0.3) is 0 Å². The molecule has 2 N–H and O–H groups in total. The summed E-state index contributed by atoms with van der Waals surface area (Å²) in [6, 6.07) is 16.0. The molecule has 2 aromatic carbocycles. The number of nitrogens with zero attached hydrogens (tertiary/aromatic N) is 1. The van der Waals surface area contributed by atoms with Crippen molar-refractivity contribution in [1.82, 2.24) is 15.5 Å². The first-order chi connectivity index (χ1) is 13.6. The number of benzene rings is 2. The Bertz CT molecular complexity index is 789. The number of rotatable bonds is 6. The average molecular weight is 383 g/mol. The molecule has 1 aliphatic heterocycles. The molecule has 5 nitrogen and oxygen atoms in total. The molecule has 1 aliphatic rings. The molecule has 1 heterocycles. The van der Waals surface area contributed by atoms with Gasteiger partial charge in [0.15, 0.2) is 0 Å². The number of likely N-dealkylation sites (tertiary alicyclic amines) is 1. The van der Waals surface area contributed by atoms with E-state index in [0.717, 1.165) is 24.0 Å². The Labute approximate surface area is 164 Å². The van der Waals surface area contributed by atoms with E-state index in [0.29, 0.717) is 32.6 Å². The Morgan fingerprint density at radius 1 is 0.929 bits per heavy atom. The van der Waals surface area contributed by atoms with Gasteiger partial charge in [0.05, 0.1) is 0 Å². The quantitative estimate of drug-likeness (QED) is 0.803. The van der Waals surface area contributed by atoms with Gasteiger partial charge in [0.25, 0.3) is 0 Å². The lowest BCUT2D eigenvalue weighted by Gasteiger charge is -2.31. The Hall–Kier alpha value is -2.89. The summed E-state index contributed by atoms with van der Waals surface area (Å²) in [5.41, 5.74) is 1.82. The zero-order valence-corrected chi connectivity index (χ0v) is 15.9. The number of piperidine rings is 1. The molecule has 3 amide bonds. The minimum absolute atomic E-state index is 0.0313. The number of hydrogen-bond donors (Lipinski definition) is 2. The molecule has 6 heteroatoms. The van der Waals surface area contributed by atoms with E-state index >= 15 is 0 Å². The van der Waals surface area contributed by atoms with Crippen molar-refractivity contribution in [2.75, 3.05) is 13.1 Å². The Kier molecular flexibility index (Phi) is 7.00. The fourth-order valence-corrected chi connectivity index (χ4v) is 3.41. The summed E-state index contributed by atoms with van der Waals surface area (Å²) in [4.78, 5) is 26.2. The van der Waals surface area contributed by atoms with Crippen molar-refractivity contribution in [3.63, 3.8) is 0 Å². The van der Waals surface area contributed by atoms with E-state index in [1.807, 2.05) is 35.2 Å². The third-order valence-corrected chi connectivity index (χ3v) is 5.04. The van der Waals surface area contributed by atoms with Crippen molar-refractivity contribution in [3.05, 3.63) is 71.5 Å². The van der Waals surface area contributed by atoms with Crippen molar-refractivity contribution < 1.29 is 14.0 Å². The standard InChI is InChI=1S/C22H26FN3O2/c23-20-8-4-7-19(13-20)16-24-21(27)14-17-9-11-26(12-10-17)22(28)25-15-18-5-2-1-3-6-18/h1-8,13,17H,9-12,14-16H2,(H,24,27)(H,25,28). The van der Waals surface area contributed by atoms with Gasteiger partial charge in [0.2, 0.25) is 5.91 Å². The number of hydrogen-bond acceptors (Lipinski definition) is 2. The summed E-state index contributed by atoms with van der Waals surface area (Å²) in [7, 11) is 0. The third kappa shape index (κ3) is 6.08. The number of nitrogens with one attached hydrogen (secondary N) is 2. The van der Waals surface area contributed by atoms with E-state index in [1.165, 1.54) is 12.1 Å². The molecule has 0 atom stereocenters. The molecular formula is C22H26FN3O2. The molecule has 0 unspecified atom stereocenters. The largest absolute Gasteiger partial charge is 0.352 e. The van der Waals surface area contributed by atoms with Gasteiger partial charge in [0, 0.05) is 32.6 Å². The van der Waals surface area contributed by atoms with E-state index < -0.39 is 0 Å². The average Bonchev–Trinajstić information content (AvgIpc) is 2.72. The van der Waals surface area contributed by atoms with Crippen LogP contribution in [0.5, 0.6) is 0 Å². The van der Waals surface area contributed by atoms with Crippen molar-refractivity contribution in [2.45, 2.75) is 32.4 Å². The topological polar surface area (TPSA) is 61.4 Å². The smallest absolute Gasteiger partial charge is 0.317 e. The van der Waals surface area contributed by atoms with Gasteiger partial charge in [0.1, 0.15) is 5.82 Å². The maximum Gasteiger partial charge on any atom is 0.317 e. The van der Waals surface area contributed by atoms with Gasteiger partial charge in [-0.05, 0) is 42.0 Å². The SMILES string of the molecule is O=C(CC1CCN(C(=O)NCc2ccccc2)CC1)NCc1cccc(F)c1. The van der Waals surface area contributed by atoms with E-state index in [2.05, 4.69) is 10.6 Å². The summed E-state index contributed by atoms with van der Waals surface area (Å²) in [5.74, 6) is -0.0633. The van der Waals surface area contributed by atoms with Crippen LogP contribution in [-0.2, 0) is 17.9 Å². The van der Waals surface area contributed by atoms with Crippen LogP contribution in [0.15, 0.2) is 54.6 Å². The number of halogens is 1. The van der Waals surface area contributed by atoms with Crippen molar-refractivity contribution in [1.29, 1.82) is 0 Å². The first-order valence-electron chi connectivity index (χ1n) is 9.68. The minimum atomic E-state index is -0.301. The highest BCUT2D eigenvalue weighted by molar-refractivity contribution is 5.76. The first kappa shape index (κ1) is 19.9. The normalized spacial score (nSPS) is 14.5.